The monoisotopic (exact) mass is 534 g/mol. The molecule has 0 atom stereocenters. The molecule has 2 aliphatic heterocycles. The summed E-state index contributed by atoms with van der Waals surface area (Å²) in [4.78, 5) is 16.0. The molecule has 0 fully saturated rings. The molecule has 0 amide bonds. The fraction of sp³-hybridized carbons (Fsp3) is 0. The van der Waals surface area contributed by atoms with Crippen molar-refractivity contribution >= 4 is 46.4 Å². The Labute approximate surface area is 162 Å². The zero-order valence-corrected chi connectivity index (χ0v) is 16.5. The van der Waals surface area contributed by atoms with Crippen LogP contribution in [-0.4, -0.2) is 19.9 Å². The Morgan fingerprint density at radius 1 is 0.556 bits per heavy atom. The molecule has 7 heteroatoms. The maximum absolute atomic E-state index is 8.51. The zero-order chi connectivity index (χ0) is 18.6. The minimum absolute atomic E-state index is 0.939. The third-order valence-electron chi connectivity index (χ3n) is 4.04. The number of aromatic nitrogens is 4. The van der Waals surface area contributed by atoms with Gasteiger partial charge < -0.3 is 9.97 Å². The van der Waals surface area contributed by atoms with Crippen molar-refractivity contribution in [3.05, 3.63) is 71.3 Å². The Morgan fingerprint density at radius 3 is 1.07 bits per heavy atom. The fourth-order valence-electron chi connectivity index (χ4n) is 2.94. The second-order valence-electron chi connectivity index (χ2n) is 5.96. The van der Waals surface area contributed by atoms with Crippen molar-refractivity contribution in [3.63, 3.8) is 0 Å². The third-order valence-corrected chi connectivity index (χ3v) is 4.04. The summed E-state index contributed by atoms with van der Waals surface area (Å²) < 4.78 is 17.0. The Bertz CT molecular complexity index is 1090. The molecule has 8 bridgehead atoms. The average molecular weight is 533 g/mol. The van der Waals surface area contributed by atoms with E-state index in [2.05, 4.69) is 44.2 Å². The number of rotatable bonds is 0. The Hall–Kier alpha value is -3.16. The van der Waals surface area contributed by atoms with E-state index in [1.807, 2.05) is 48.6 Å². The summed E-state index contributed by atoms with van der Waals surface area (Å²) in [6.45, 7) is 0. The van der Waals surface area contributed by atoms with Gasteiger partial charge in [-0.2, -0.15) is 0 Å². The average Bonchev–Trinajstić information content (AvgIpc) is 3.41. The number of nitrogens with one attached hydrogen (secondary N) is 2. The molecule has 0 aliphatic carbocycles. The van der Waals surface area contributed by atoms with Crippen LogP contribution in [0.4, 0.5) is 0 Å². The topological polar surface area (TPSA) is 91.5 Å². The fourth-order valence-corrected chi connectivity index (χ4v) is 2.94. The predicted molar refractivity (Wildman–Crippen MR) is 100 cm³/mol. The van der Waals surface area contributed by atoms with Crippen LogP contribution in [0.3, 0.4) is 0 Å². The molecule has 5 heterocycles. The van der Waals surface area contributed by atoms with Crippen LogP contribution in [0, 0.1) is 0 Å². The van der Waals surface area contributed by atoms with Gasteiger partial charge in [-0.3, -0.25) is 0 Å². The van der Waals surface area contributed by atoms with Gasteiger partial charge in [0, 0.05) is 22.1 Å². The van der Waals surface area contributed by atoms with Gasteiger partial charge >= 0.3 is 24.4 Å². The van der Waals surface area contributed by atoms with E-state index in [-0.39, 0.29) is 0 Å². The molecule has 27 heavy (non-hydrogen) atoms. The van der Waals surface area contributed by atoms with E-state index >= 15 is 0 Å². The quantitative estimate of drug-likeness (QED) is 0.309. The molecule has 0 unspecified atom stereocenters. The number of hydrogen-bond acceptors (Lipinski definition) is 4. The summed E-state index contributed by atoms with van der Waals surface area (Å²) >= 11 is -2.08. The van der Waals surface area contributed by atoms with Crippen LogP contribution in [0.15, 0.2) is 48.5 Å². The van der Waals surface area contributed by atoms with E-state index in [1.165, 1.54) is 0 Å². The van der Waals surface area contributed by atoms with Crippen LogP contribution in [0.2, 0.25) is 0 Å². The minimum atomic E-state index is -2.08. The summed E-state index contributed by atoms with van der Waals surface area (Å²) in [5.41, 5.74) is 7.86. The predicted octanol–water partition coefficient (Wildman–Crippen LogP) is 4.42. The molecule has 3 aromatic heterocycles. The maximum atomic E-state index is 8.51. The van der Waals surface area contributed by atoms with E-state index in [0.717, 1.165) is 44.8 Å². The molecule has 6 nitrogen and oxygen atoms in total. The van der Waals surface area contributed by atoms with Crippen molar-refractivity contribution in [2.24, 2.45) is 0 Å². The van der Waals surface area contributed by atoms with Gasteiger partial charge in [-0.15, -0.1) is 0 Å². The summed E-state index contributed by atoms with van der Waals surface area (Å²) in [6, 6.07) is 16.4. The molecule has 0 spiro atoms. The van der Waals surface area contributed by atoms with Crippen LogP contribution in [0.1, 0.15) is 22.8 Å². The first-order valence-corrected chi connectivity index (χ1v) is 10.2. The van der Waals surface area contributed by atoms with Crippen molar-refractivity contribution in [1.82, 2.24) is 19.9 Å². The van der Waals surface area contributed by atoms with Gasteiger partial charge in [0.1, 0.15) is 0 Å². The van der Waals surface area contributed by atoms with Gasteiger partial charge in [0.2, 0.25) is 0 Å². The van der Waals surface area contributed by atoms with Gasteiger partial charge in [-0.1, -0.05) is 0 Å². The molecular formula is C20H14N4O2Os. The molecule has 2 aliphatic rings. The van der Waals surface area contributed by atoms with Crippen LogP contribution in [-0.2, 0) is 24.4 Å². The molecular weight excluding hydrogens is 518 g/mol. The Morgan fingerprint density at radius 2 is 0.815 bits per heavy atom. The number of nitrogens with zero attached hydrogens (tertiary/aromatic N) is 2. The second-order valence-corrected chi connectivity index (χ2v) is 6.39. The van der Waals surface area contributed by atoms with E-state index in [0.29, 0.717) is 0 Å². The van der Waals surface area contributed by atoms with Crippen molar-refractivity contribution in [3.8, 4) is 0 Å². The molecule has 0 aromatic carbocycles. The number of aromatic amines is 2. The van der Waals surface area contributed by atoms with Crippen LogP contribution >= 0.6 is 0 Å². The first-order chi connectivity index (χ1) is 13.2. The summed E-state index contributed by atoms with van der Waals surface area (Å²) in [5, 5.41) is 0. The van der Waals surface area contributed by atoms with Gasteiger partial charge in [0.25, 0.3) is 0 Å². The van der Waals surface area contributed by atoms with E-state index < -0.39 is 17.3 Å². The van der Waals surface area contributed by atoms with Gasteiger partial charge in [-0.25, -0.2) is 9.97 Å². The Balaban J connectivity index is 0.000000565. The molecule has 0 saturated heterocycles. The van der Waals surface area contributed by atoms with E-state index in [1.54, 1.807) is 0 Å². The number of hydrogen-bond donors (Lipinski definition) is 2. The second kappa shape index (κ2) is 7.61. The van der Waals surface area contributed by atoms with Gasteiger partial charge in [-0.05, 0) is 72.8 Å². The number of H-pyrrole nitrogens is 2. The zero-order valence-electron chi connectivity index (χ0n) is 14.0. The van der Waals surface area contributed by atoms with Crippen molar-refractivity contribution in [2.45, 2.75) is 0 Å². The van der Waals surface area contributed by atoms with E-state index in [4.69, 9.17) is 7.08 Å². The van der Waals surface area contributed by atoms with Crippen molar-refractivity contribution < 1.29 is 24.4 Å². The molecule has 0 radical (unpaired) electrons. The summed E-state index contributed by atoms with van der Waals surface area (Å²) in [7, 11) is 0. The van der Waals surface area contributed by atoms with Gasteiger partial charge in [0.15, 0.2) is 0 Å². The third kappa shape index (κ3) is 4.16. The van der Waals surface area contributed by atoms with Gasteiger partial charge in [0.05, 0.1) is 22.8 Å². The van der Waals surface area contributed by atoms with Crippen LogP contribution in [0.25, 0.3) is 46.4 Å². The molecule has 3 aromatic rings. The first kappa shape index (κ1) is 17.3. The Kier molecular flexibility index (Phi) is 4.86. The molecule has 0 saturated carbocycles. The van der Waals surface area contributed by atoms with Crippen LogP contribution < -0.4 is 0 Å². The number of fused-ring (bicyclic) bond motifs is 8. The van der Waals surface area contributed by atoms with Crippen molar-refractivity contribution in [2.75, 3.05) is 0 Å². The first-order valence-electron chi connectivity index (χ1n) is 8.14. The van der Waals surface area contributed by atoms with Crippen LogP contribution in [0.5, 0.6) is 0 Å². The normalized spacial score (nSPS) is 11.9. The van der Waals surface area contributed by atoms with Crippen molar-refractivity contribution in [1.29, 1.82) is 0 Å². The molecule has 5 rings (SSSR count). The summed E-state index contributed by atoms with van der Waals surface area (Å²) in [6.07, 6.45) is 8.09. The molecule has 2 N–H and O–H groups in total. The SMILES string of the molecule is C1=Cc2cc3ccc(cc4nc(cc5ccc(cc1n2)[nH]5)C=C4)[nH]3.[O]=[Os]=[O]. The standard InChI is InChI=1S/C20H14N4.2O.Os/c1-2-14-10-16-5-6-18(23-16)12-20-8-7-19(24-20)11-17-4-3-15(22-17)9-13(1)21-14;;;/h1-12,21,24H;;;. The van der Waals surface area contributed by atoms with E-state index in [9.17, 15) is 0 Å². The molecule has 134 valence electrons. The summed E-state index contributed by atoms with van der Waals surface area (Å²) in [5.74, 6) is 0.